The van der Waals surface area contributed by atoms with Crippen LogP contribution in [0.4, 0.5) is 0 Å². The van der Waals surface area contributed by atoms with E-state index in [1.807, 2.05) is 18.2 Å². The molecule has 108 valence electrons. The Labute approximate surface area is 122 Å². The minimum absolute atomic E-state index is 0.329. The van der Waals surface area contributed by atoms with Crippen molar-refractivity contribution in [2.45, 2.75) is 51.6 Å². The first-order chi connectivity index (χ1) is 9.81. The van der Waals surface area contributed by atoms with Gasteiger partial charge in [-0.05, 0) is 31.7 Å². The molecule has 0 amide bonds. The minimum atomic E-state index is 0.329. The normalized spacial score (nSPS) is 17.4. The number of nitrogens with one attached hydrogen (secondary N) is 1. The first-order valence-electron chi connectivity index (χ1n) is 7.69. The molecule has 2 nitrogen and oxygen atoms in total. The quantitative estimate of drug-likeness (QED) is 0.796. The molecule has 1 N–H and O–H groups in total. The summed E-state index contributed by atoms with van der Waals surface area (Å²) in [5.41, 5.74) is 1.19. The third-order valence-electron chi connectivity index (χ3n) is 4.26. The van der Waals surface area contributed by atoms with Gasteiger partial charge in [0.05, 0.1) is 0 Å². The van der Waals surface area contributed by atoms with Gasteiger partial charge < -0.3 is 10.1 Å². The molecule has 0 aromatic heterocycles. The number of terminal acetylenes is 1. The van der Waals surface area contributed by atoms with Gasteiger partial charge in [0.2, 0.25) is 0 Å². The first-order valence-corrected chi connectivity index (χ1v) is 7.69. The smallest absolute Gasteiger partial charge is 0.148 e. The molecule has 1 aromatic rings. The van der Waals surface area contributed by atoms with Crippen molar-refractivity contribution in [1.82, 2.24) is 5.32 Å². The van der Waals surface area contributed by atoms with E-state index in [1.165, 1.54) is 37.7 Å². The van der Waals surface area contributed by atoms with Crippen LogP contribution in [0.2, 0.25) is 0 Å². The van der Waals surface area contributed by atoms with Crippen LogP contribution in [0.25, 0.3) is 0 Å². The molecule has 20 heavy (non-hydrogen) atoms. The molecule has 1 aliphatic carbocycles. The van der Waals surface area contributed by atoms with E-state index in [0.29, 0.717) is 12.6 Å². The predicted octanol–water partition coefficient (Wildman–Crippen LogP) is 3.76. The summed E-state index contributed by atoms with van der Waals surface area (Å²) in [6.07, 6.45) is 12.2. The van der Waals surface area contributed by atoms with E-state index in [2.05, 4.69) is 24.2 Å². The van der Waals surface area contributed by atoms with E-state index in [9.17, 15) is 0 Å². The zero-order valence-corrected chi connectivity index (χ0v) is 12.4. The summed E-state index contributed by atoms with van der Waals surface area (Å²) in [5, 5.41) is 3.65. The SMILES string of the molecule is C#CCOc1ccccc1CNC(C)C1CCCCC1. The summed E-state index contributed by atoms with van der Waals surface area (Å²) in [7, 11) is 0. The van der Waals surface area contributed by atoms with Crippen molar-refractivity contribution in [3.8, 4) is 18.1 Å². The summed E-state index contributed by atoms with van der Waals surface area (Å²) in [6.45, 7) is 3.48. The number of hydrogen-bond donors (Lipinski definition) is 1. The number of para-hydroxylation sites is 1. The highest BCUT2D eigenvalue weighted by atomic mass is 16.5. The number of benzene rings is 1. The number of rotatable bonds is 6. The predicted molar refractivity (Wildman–Crippen MR) is 83.6 cm³/mol. The van der Waals surface area contributed by atoms with Gasteiger partial charge in [0.15, 0.2) is 0 Å². The average Bonchev–Trinajstić information content (AvgIpc) is 2.52. The zero-order valence-electron chi connectivity index (χ0n) is 12.4. The Morgan fingerprint density at radius 1 is 1.30 bits per heavy atom. The molecule has 1 aliphatic rings. The van der Waals surface area contributed by atoms with E-state index in [4.69, 9.17) is 11.2 Å². The van der Waals surface area contributed by atoms with Crippen LogP contribution in [0, 0.1) is 18.3 Å². The molecule has 1 aromatic carbocycles. The maximum absolute atomic E-state index is 5.59. The second-order valence-electron chi connectivity index (χ2n) is 5.67. The highest BCUT2D eigenvalue weighted by molar-refractivity contribution is 5.33. The highest BCUT2D eigenvalue weighted by Crippen LogP contribution is 2.27. The van der Waals surface area contributed by atoms with Crippen molar-refractivity contribution in [1.29, 1.82) is 0 Å². The van der Waals surface area contributed by atoms with Crippen LogP contribution >= 0.6 is 0 Å². The number of ether oxygens (including phenoxy) is 1. The van der Waals surface area contributed by atoms with Crippen LogP contribution < -0.4 is 10.1 Å². The van der Waals surface area contributed by atoms with Crippen LogP contribution in [0.5, 0.6) is 5.75 Å². The lowest BCUT2D eigenvalue weighted by Crippen LogP contribution is -2.34. The lowest BCUT2D eigenvalue weighted by Gasteiger charge is -2.28. The van der Waals surface area contributed by atoms with E-state index < -0.39 is 0 Å². The molecular weight excluding hydrogens is 246 g/mol. The third kappa shape index (κ3) is 4.28. The standard InChI is InChI=1S/C18H25NO/c1-3-13-20-18-12-8-7-11-17(18)14-19-15(2)16-9-5-4-6-10-16/h1,7-8,11-12,15-16,19H,4-6,9-10,13-14H2,2H3. The second kappa shape index (κ2) is 7.97. The van der Waals surface area contributed by atoms with Crippen LogP contribution in [0.3, 0.4) is 0 Å². The van der Waals surface area contributed by atoms with Gasteiger partial charge in [0, 0.05) is 18.2 Å². The van der Waals surface area contributed by atoms with Crippen LogP contribution in [0.15, 0.2) is 24.3 Å². The molecule has 0 aliphatic heterocycles. The summed E-state index contributed by atoms with van der Waals surface area (Å²) in [5.74, 6) is 4.24. The maximum atomic E-state index is 5.59. The Morgan fingerprint density at radius 3 is 2.80 bits per heavy atom. The van der Waals surface area contributed by atoms with Crippen molar-refractivity contribution >= 4 is 0 Å². The molecule has 0 spiro atoms. The summed E-state index contributed by atoms with van der Waals surface area (Å²) in [4.78, 5) is 0. The van der Waals surface area contributed by atoms with Crippen LogP contribution in [-0.2, 0) is 6.54 Å². The molecule has 1 unspecified atom stereocenters. The van der Waals surface area contributed by atoms with Crippen molar-refractivity contribution in [3.63, 3.8) is 0 Å². The Hall–Kier alpha value is -1.46. The summed E-state index contributed by atoms with van der Waals surface area (Å²) in [6, 6.07) is 8.69. The van der Waals surface area contributed by atoms with Gasteiger partial charge in [-0.1, -0.05) is 43.4 Å². The maximum Gasteiger partial charge on any atom is 0.148 e. The van der Waals surface area contributed by atoms with Crippen molar-refractivity contribution < 1.29 is 4.74 Å². The average molecular weight is 271 g/mol. The van der Waals surface area contributed by atoms with Crippen LogP contribution in [0.1, 0.15) is 44.6 Å². The molecule has 1 saturated carbocycles. The number of hydrogen-bond acceptors (Lipinski definition) is 2. The van der Waals surface area contributed by atoms with Gasteiger partial charge in [-0.25, -0.2) is 0 Å². The molecule has 0 radical (unpaired) electrons. The molecule has 0 heterocycles. The van der Waals surface area contributed by atoms with Gasteiger partial charge >= 0.3 is 0 Å². The minimum Gasteiger partial charge on any atom is -0.481 e. The van der Waals surface area contributed by atoms with Gasteiger partial charge in [0.1, 0.15) is 12.4 Å². The fourth-order valence-electron chi connectivity index (χ4n) is 2.98. The summed E-state index contributed by atoms with van der Waals surface area (Å²) >= 11 is 0. The lowest BCUT2D eigenvalue weighted by atomic mass is 9.84. The lowest BCUT2D eigenvalue weighted by molar-refractivity contribution is 0.279. The van der Waals surface area contributed by atoms with Crippen molar-refractivity contribution in [2.24, 2.45) is 5.92 Å². The van der Waals surface area contributed by atoms with Gasteiger partial charge in [-0.15, -0.1) is 6.42 Å². The molecule has 1 atom stereocenters. The molecule has 2 heteroatoms. The molecule has 0 saturated heterocycles. The third-order valence-corrected chi connectivity index (χ3v) is 4.26. The van der Waals surface area contributed by atoms with Gasteiger partial charge in [0.25, 0.3) is 0 Å². The molecule has 0 bridgehead atoms. The topological polar surface area (TPSA) is 21.3 Å². The first kappa shape index (κ1) is 14.9. The zero-order chi connectivity index (χ0) is 14.2. The second-order valence-corrected chi connectivity index (χ2v) is 5.67. The van der Waals surface area contributed by atoms with E-state index in [1.54, 1.807) is 0 Å². The molecule has 1 fully saturated rings. The Morgan fingerprint density at radius 2 is 2.05 bits per heavy atom. The fraction of sp³-hybridized carbons (Fsp3) is 0.556. The van der Waals surface area contributed by atoms with Gasteiger partial charge in [-0.2, -0.15) is 0 Å². The monoisotopic (exact) mass is 271 g/mol. The largest absolute Gasteiger partial charge is 0.481 e. The van der Waals surface area contributed by atoms with E-state index in [0.717, 1.165) is 18.2 Å². The summed E-state index contributed by atoms with van der Waals surface area (Å²) < 4.78 is 5.59. The fourth-order valence-corrected chi connectivity index (χ4v) is 2.98. The Balaban J connectivity index is 1.88. The molecular formula is C18H25NO. The highest BCUT2D eigenvalue weighted by Gasteiger charge is 2.19. The van der Waals surface area contributed by atoms with Crippen LogP contribution in [-0.4, -0.2) is 12.6 Å². The Bertz CT molecular complexity index is 443. The van der Waals surface area contributed by atoms with Crippen molar-refractivity contribution in [3.05, 3.63) is 29.8 Å². The van der Waals surface area contributed by atoms with E-state index in [-0.39, 0.29) is 0 Å². The van der Waals surface area contributed by atoms with E-state index >= 15 is 0 Å². The Kier molecular flexibility index (Phi) is 5.95. The van der Waals surface area contributed by atoms with Gasteiger partial charge in [-0.3, -0.25) is 0 Å². The van der Waals surface area contributed by atoms with Crippen molar-refractivity contribution in [2.75, 3.05) is 6.61 Å². The molecule has 2 rings (SSSR count).